The van der Waals surface area contributed by atoms with Crippen LogP contribution in [0.1, 0.15) is 39.0 Å². The van der Waals surface area contributed by atoms with Crippen molar-refractivity contribution in [3.63, 3.8) is 0 Å². The van der Waals surface area contributed by atoms with Crippen LogP contribution < -0.4 is 5.32 Å². The van der Waals surface area contributed by atoms with Gasteiger partial charge in [-0.1, -0.05) is 0 Å². The largest absolute Gasteiger partial charge is 0.365 e. The summed E-state index contributed by atoms with van der Waals surface area (Å²) in [5.41, 5.74) is 0. The van der Waals surface area contributed by atoms with Crippen LogP contribution >= 0.6 is 0 Å². The predicted molar refractivity (Wildman–Crippen MR) is 58.5 cm³/mol. The average Bonchev–Trinajstić information content (AvgIpc) is 2.86. The summed E-state index contributed by atoms with van der Waals surface area (Å²) in [5.74, 6) is -0.0423. The van der Waals surface area contributed by atoms with Gasteiger partial charge in [-0.3, -0.25) is 4.79 Å². The van der Waals surface area contributed by atoms with Crippen LogP contribution in [0.5, 0.6) is 0 Å². The van der Waals surface area contributed by atoms with Gasteiger partial charge in [-0.25, -0.2) is 0 Å². The molecule has 0 bridgehead atoms. The van der Waals surface area contributed by atoms with Crippen molar-refractivity contribution in [2.45, 2.75) is 57.3 Å². The minimum atomic E-state index is -0.296. The zero-order chi connectivity index (χ0) is 11.5. The number of amides is 1. The average molecular weight is 222 g/mol. The fourth-order valence-corrected chi connectivity index (χ4v) is 2.56. The molecule has 2 aliphatic rings. The highest BCUT2D eigenvalue weighted by Gasteiger charge is 2.33. The Labute approximate surface area is 96.0 Å². The van der Waals surface area contributed by atoms with Crippen LogP contribution in [0.25, 0.3) is 0 Å². The summed E-state index contributed by atoms with van der Waals surface area (Å²) in [6.07, 6.45) is 4.50. The van der Waals surface area contributed by atoms with Gasteiger partial charge in [-0.05, 0) is 39.0 Å². The fraction of sp³-hybridized carbons (Fsp3) is 0.833. The Kier molecular flexibility index (Phi) is 3.45. The molecule has 88 valence electrons. The molecule has 1 aliphatic heterocycles. The Balaban J connectivity index is 1.85. The van der Waals surface area contributed by atoms with Crippen molar-refractivity contribution >= 4 is 5.91 Å². The molecule has 1 amide bonds. The molecule has 1 saturated carbocycles. The van der Waals surface area contributed by atoms with Crippen LogP contribution in [0.2, 0.25) is 0 Å². The molecule has 4 atom stereocenters. The van der Waals surface area contributed by atoms with Crippen LogP contribution in [-0.2, 0) is 9.53 Å². The number of ether oxygens (including phenoxy) is 1. The Morgan fingerprint density at radius 3 is 2.81 bits per heavy atom. The third-order valence-corrected chi connectivity index (χ3v) is 3.53. The number of nitrogens with one attached hydrogen (secondary N) is 1. The van der Waals surface area contributed by atoms with Crippen LogP contribution in [0, 0.1) is 17.2 Å². The Morgan fingerprint density at radius 2 is 2.19 bits per heavy atom. The highest BCUT2D eigenvalue weighted by Crippen LogP contribution is 2.26. The molecule has 1 heterocycles. The van der Waals surface area contributed by atoms with E-state index < -0.39 is 0 Å². The van der Waals surface area contributed by atoms with Crippen molar-refractivity contribution in [3.05, 3.63) is 0 Å². The molecule has 0 spiro atoms. The summed E-state index contributed by atoms with van der Waals surface area (Å²) in [6.45, 7) is 1.99. The summed E-state index contributed by atoms with van der Waals surface area (Å²) in [7, 11) is 0. The van der Waals surface area contributed by atoms with E-state index in [1.165, 1.54) is 0 Å². The van der Waals surface area contributed by atoms with Crippen LogP contribution in [0.3, 0.4) is 0 Å². The third-order valence-electron chi connectivity index (χ3n) is 3.53. The second-order valence-corrected chi connectivity index (χ2v) is 4.79. The molecule has 1 saturated heterocycles. The maximum atomic E-state index is 11.9. The standard InChI is InChI=1S/C12H18N2O2/c1-8-5-6-11(16-8)12(15)14-10-4-2-3-9(10)7-13/h8-11H,2-6H2,1H3,(H,14,15). The number of carbonyl (C=O) groups excluding carboxylic acids is 1. The quantitative estimate of drug-likeness (QED) is 0.767. The van der Waals surface area contributed by atoms with Gasteiger partial charge in [0.1, 0.15) is 6.10 Å². The van der Waals surface area contributed by atoms with E-state index >= 15 is 0 Å². The van der Waals surface area contributed by atoms with E-state index in [2.05, 4.69) is 11.4 Å². The van der Waals surface area contributed by atoms with Crippen molar-refractivity contribution in [2.75, 3.05) is 0 Å². The number of nitriles is 1. The van der Waals surface area contributed by atoms with Crippen LogP contribution in [0.4, 0.5) is 0 Å². The highest BCUT2D eigenvalue weighted by atomic mass is 16.5. The molecule has 0 aromatic rings. The van der Waals surface area contributed by atoms with E-state index in [9.17, 15) is 4.79 Å². The number of carbonyl (C=O) groups is 1. The zero-order valence-electron chi connectivity index (χ0n) is 9.61. The lowest BCUT2D eigenvalue weighted by Crippen LogP contribution is -2.42. The monoisotopic (exact) mass is 222 g/mol. The molecule has 0 radical (unpaired) electrons. The lowest BCUT2D eigenvalue weighted by Gasteiger charge is -2.18. The Hall–Kier alpha value is -1.08. The van der Waals surface area contributed by atoms with Gasteiger partial charge in [0.05, 0.1) is 18.1 Å². The molecule has 0 aromatic carbocycles. The molecular weight excluding hydrogens is 204 g/mol. The number of nitrogens with zero attached hydrogens (tertiary/aromatic N) is 1. The first-order chi connectivity index (χ1) is 7.70. The topological polar surface area (TPSA) is 62.1 Å². The van der Waals surface area contributed by atoms with Gasteiger partial charge < -0.3 is 10.1 Å². The van der Waals surface area contributed by atoms with Crippen molar-refractivity contribution < 1.29 is 9.53 Å². The minimum absolute atomic E-state index is 0.0113. The van der Waals surface area contributed by atoms with Gasteiger partial charge in [0, 0.05) is 6.04 Å². The van der Waals surface area contributed by atoms with E-state index in [1.54, 1.807) is 0 Å². The van der Waals surface area contributed by atoms with E-state index in [0.717, 1.165) is 32.1 Å². The summed E-state index contributed by atoms with van der Waals surface area (Å²) >= 11 is 0. The number of hydrogen-bond acceptors (Lipinski definition) is 3. The van der Waals surface area contributed by atoms with Gasteiger partial charge in [-0.2, -0.15) is 5.26 Å². The summed E-state index contributed by atoms with van der Waals surface area (Å²) in [5, 5.41) is 11.9. The predicted octanol–water partition coefficient (Wildman–Crippen LogP) is 1.36. The molecule has 2 rings (SSSR count). The Bertz CT molecular complexity index is 311. The SMILES string of the molecule is CC1CCC(C(=O)NC2CCCC2C#N)O1. The van der Waals surface area contributed by atoms with Gasteiger partial charge >= 0.3 is 0 Å². The van der Waals surface area contributed by atoms with Crippen molar-refractivity contribution in [2.24, 2.45) is 5.92 Å². The first-order valence-corrected chi connectivity index (χ1v) is 6.06. The second kappa shape index (κ2) is 4.84. The molecule has 1 N–H and O–H groups in total. The highest BCUT2D eigenvalue weighted by molar-refractivity contribution is 5.81. The molecule has 4 nitrogen and oxygen atoms in total. The second-order valence-electron chi connectivity index (χ2n) is 4.79. The summed E-state index contributed by atoms with van der Waals surface area (Å²) in [6, 6.07) is 2.30. The third kappa shape index (κ3) is 2.35. The van der Waals surface area contributed by atoms with E-state index in [4.69, 9.17) is 10.00 Å². The zero-order valence-corrected chi connectivity index (χ0v) is 9.61. The van der Waals surface area contributed by atoms with E-state index in [1.807, 2.05) is 6.92 Å². The number of rotatable bonds is 2. The van der Waals surface area contributed by atoms with Crippen molar-refractivity contribution in [1.29, 1.82) is 5.26 Å². The molecular formula is C12H18N2O2. The van der Waals surface area contributed by atoms with Gasteiger partial charge in [0.2, 0.25) is 5.91 Å². The van der Waals surface area contributed by atoms with Crippen molar-refractivity contribution in [3.8, 4) is 6.07 Å². The molecule has 4 unspecified atom stereocenters. The molecule has 0 aromatic heterocycles. The molecule has 2 fully saturated rings. The van der Waals surface area contributed by atoms with Gasteiger partial charge in [0.25, 0.3) is 0 Å². The van der Waals surface area contributed by atoms with Crippen LogP contribution in [0.15, 0.2) is 0 Å². The maximum absolute atomic E-state index is 11.9. The van der Waals surface area contributed by atoms with Crippen molar-refractivity contribution in [1.82, 2.24) is 5.32 Å². The smallest absolute Gasteiger partial charge is 0.249 e. The van der Waals surface area contributed by atoms with Gasteiger partial charge in [-0.15, -0.1) is 0 Å². The summed E-state index contributed by atoms with van der Waals surface area (Å²) < 4.78 is 5.51. The molecule has 4 heteroatoms. The first kappa shape index (κ1) is 11.4. The lowest BCUT2D eigenvalue weighted by molar-refractivity contribution is -0.132. The minimum Gasteiger partial charge on any atom is -0.365 e. The normalized spacial score (nSPS) is 38.2. The van der Waals surface area contributed by atoms with Crippen LogP contribution in [-0.4, -0.2) is 24.2 Å². The van der Waals surface area contributed by atoms with E-state index in [-0.39, 0.29) is 30.1 Å². The lowest BCUT2D eigenvalue weighted by atomic mass is 10.1. The number of hydrogen-bond donors (Lipinski definition) is 1. The first-order valence-electron chi connectivity index (χ1n) is 6.06. The Morgan fingerprint density at radius 1 is 1.38 bits per heavy atom. The summed E-state index contributed by atoms with van der Waals surface area (Å²) in [4.78, 5) is 11.9. The fourth-order valence-electron chi connectivity index (χ4n) is 2.56. The molecule has 16 heavy (non-hydrogen) atoms. The van der Waals surface area contributed by atoms with E-state index in [0.29, 0.717) is 0 Å². The maximum Gasteiger partial charge on any atom is 0.249 e. The molecule has 1 aliphatic carbocycles. The van der Waals surface area contributed by atoms with Gasteiger partial charge in [0.15, 0.2) is 0 Å².